The first-order valence-electron chi connectivity index (χ1n) is 13.5. The van der Waals surface area contributed by atoms with Crippen LogP contribution in [0.3, 0.4) is 0 Å². The number of aryl methyl sites for hydroxylation is 1. The van der Waals surface area contributed by atoms with Gasteiger partial charge in [-0.05, 0) is 34.4 Å². The number of nitrogens with zero attached hydrogens (tertiary/aromatic N) is 4. The van der Waals surface area contributed by atoms with Crippen LogP contribution >= 0.6 is 0 Å². The average molecular weight is 505 g/mol. The van der Waals surface area contributed by atoms with E-state index in [1.54, 1.807) is 0 Å². The van der Waals surface area contributed by atoms with Crippen molar-refractivity contribution in [2.45, 2.75) is 24.3 Å². The molecule has 0 fully saturated rings. The summed E-state index contributed by atoms with van der Waals surface area (Å²) in [6.07, 6.45) is 0.625. The number of hydrogen-bond donors (Lipinski definition) is 0. The predicted molar refractivity (Wildman–Crippen MR) is 154 cm³/mol. The second-order valence-electron chi connectivity index (χ2n) is 10.9. The molecule has 0 N–H and O–H groups in total. The molecule has 0 saturated heterocycles. The van der Waals surface area contributed by atoms with Crippen LogP contribution in [-0.4, -0.2) is 11.1 Å². The lowest BCUT2D eigenvalue weighted by Crippen LogP contribution is -2.55. The highest BCUT2D eigenvalue weighted by atomic mass is 15.2. The van der Waals surface area contributed by atoms with E-state index >= 15 is 0 Å². The maximum Gasteiger partial charge on any atom is 0.166 e. The monoisotopic (exact) mass is 504 g/mol. The SMILES string of the molecule is Cn1c2c(c3ccccc31)C(c1ccccc1)C(C#N)(C#N)C1(C2)CN(Cc2ccccc2)c2ccccc21. The van der Waals surface area contributed by atoms with Crippen LogP contribution in [0.4, 0.5) is 5.69 Å². The molecule has 2 atom stereocenters. The van der Waals surface area contributed by atoms with Gasteiger partial charge >= 0.3 is 0 Å². The Bertz CT molecular complexity index is 1770. The topological polar surface area (TPSA) is 55.8 Å². The zero-order valence-electron chi connectivity index (χ0n) is 21.9. The van der Waals surface area contributed by atoms with Gasteiger partial charge in [0.05, 0.1) is 17.6 Å². The summed E-state index contributed by atoms with van der Waals surface area (Å²) in [6.45, 7) is 1.33. The molecule has 7 rings (SSSR count). The lowest BCUT2D eigenvalue weighted by molar-refractivity contribution is 0.214. The van der Waals surface area contributed by atoms with Crippen molar-refractivity contribution in [3.05, 3.63) is 137 Å². The number of para-hydroxylation sites is 2. The summed E-state index contributed by atoms with van der Waals surface area (Å²) in [5.41, 5.74) is 5.88. The molecule has 0 bridgehead atoms. The Morgan fingerprint density at radius 3 is 2.18 bits per heavy atom. The molecule has 4 aromatic carbocycles. The first kappa shape index (κ1) is 23.3. The first-order chi connectivity index (χ1) is 19.1. The van der Waals surface area contributed by atoms with E-state index in [9.17, 15) is 10.5 Å². The lowest BCUT2D eigenvalue weighted by Gasteiger charge is -2.49. The molecule has 188 valence electrons. The Morgan fingerprint density at radius 1 is 0.795 bits per heavy atom. The number of benzene rings is 4. The summed E-state index contributed by atoms with van der Waals surface area (Å²) >= 11 is 0. The molecule has 4 nitrogen and oxygen atoms in total. The number of nitriles is 2. The Kier molecular flexibility index (Phi) is 5.15. The van der Waals surface area contributed by atoms with Crippen molar-refractivity contribution in [2.24, 2.45) is 12.5 Å². The highest BCUT2D eigenvalue weighted by molar-refractivity contribution is 5.88. The van der Waals surface area contributed by atoms with E-state index in [-0.39, 0.29) is 0 Å². The number of aromatic nitrogens is 1. The maximum atomic E-state index is 11.2. The summed E-state index contributed by atoms with van der Waals surface area (Å²) in [4.78, 5) is 2.38. The third-order valence-electron chi connectivity index (χ3n) is 9.14. The molecule has 2 heterocycles. The minimum Gasteiger partial charge on any atom is -0.366 e. The Balaban J connectivity index is 1.54. The van der Waals surface area contributed by atoms with Crippen LogP contribution in [-0.2, 0) is 25.4 Å². The van der Waals surface area contributed by atoms with Gasteiger partial charge in [0.25, 0.3) is 0 Å². The van der Waals surface area contributed by atoms with Crippen LogP contribution in [0.2, 0.25) is 0 Å². The second kappa shape index (κ2) is 8.62. The van der Waals surface area contributed by atoms with E-state index in [1.165, 1.54) is 11.3 Å². The Labute approximate surface area is 229 Å². The van der Waals surface area contributed by atoms with E-state index in [4.69, 9.17) is 0 Å². The molecule has 1 aliphatic carbocycles. The molecular weight excluding hydrogens is 476 g/mol. The molecule has 1 aromatic heterocycles. The smallest absolute Gasteiger partial charge is 0.166 e. The normalized spacial score (nSPS) is 20.8. The van der Waals surface area contributed by atoms with E-state index < -0.39 is 16.7 Å². The third kappa shape index (κ3) is 3.09. The van der Waals surface area contributed by atoms with Crippen LogP contribution in [0.15, 0.2) is 109 Å². The van der Waals surface area contributed by atoms with E-state index in [0.29, 0.717) is 13.0 Å². The van der Waals surface area contributed by atoms with Gasteiger partial charge in [-0.3, -0.25) is 0 Å². The highest BCUT2D eigenvalue weighted by Gasteiger charge is 2.66. The zero-order chi connectivity index (χ0) is 26.6. The predicted octanol–water partition coefficient (Wildman–Crippen LogP) is 6.86. The molecule has 0 amide bonds. The quantitative estimate of drug-likeness (QED) is 0.270. The molecule has 5 aromatic rings. The lowest BCUT2D eigenvalue weighted by atomic mass is 9.49. The fraction of sp³-hybridized carbons (Fsp3) is 0.200. The molecule has 39 heavy (non-hydrogen) atoms. The number of anilines is 1. The fourth-order valence-corrected chi connectivity index (χ4v) is 7.44. The van der Waals surface area contributed by atoms with Crippen molar-refractivity contribution in [1.82, 2.24) is 4.57 Å². The standard InChI is InChI=1S/C35H28N4/c1-38-29-18-10-8-16-27(29)32-31(38)20-34(35(22-36,23-37)33(32)26-14-6-3-7-15-26)24-39(21-25-12-4-2-5-13-25)30-19-11-9-17-28(30)34/h2-19,33H,20-21,24H2,1H3. The summed E-state index contributed by atoms with van der Waals surface area (Å²) in [6, 6.07) is 42.9. The summed E-state index contributed by atoms with van der Waals surface area (Å²) in [5.74, 6) is -0.395. The summed E-state index contributed by atoms with van der Waals surface area (Å²) in [5, 5.41) is 23.5. The number of rotatable bonds is 3. The molecule has 1 spiro atoms. The van der Waals surface area contributed by atoms with Gasteiger partial charge in [-0.25, -0.2) is 0 Å². The van der Waals surface area contributed by atoms with Crippen molar-refractivity contribution >= 4 is 16.6 Å². The third-order valence-corrected chi connectivity index (χ3v) is 9.14. The highest BCUT2D eigenvalue weighted by Crippen LogP contribution is 2.64. The van der Waals surface area contributed by atoms with Crippen molar-refractivity contribution < 1.29 is 0 Å². The van der Waals surface area contributed by atoms with Gasteiger partial charge < -0.3 is 9.47 Å². The van der Waals surface area contributed by atoms with E-state index in [1.807, 2.05) is 24.3 Å². The summed E-state index contributed by atoms with van der Waals surface area (Å²) < 4.78 is 2.30. The average Bonchev–Trinajstić information content (AvgIpc) is 3.45. The molecule has 2 aliphatic rings. The van der Waals surface area contributed by atoms with Crippen molar-refractivity contribution in [1.29, 1.82) is 10.5 Å². The number of hydrogen-bond acceptors (Lipinski definition) is 3. The van der Waals surface area contributed by atoms with Crippen LogP contribution in [0.5, 0.6) is 0 Å². The molecular formula is C35H28N4. The fourth-order valence-electron chi connectivity index (χ4n) is 7.44. The molecule has 2 unspecified atom stereocenters. The Morgan fingerprint density at radius 2 is 1.44 bits per heavy atom. The van der Waals surface area contributed by atoms with Crippen molar-refractivity contribution in [3.8, 4) is 12.1 Å². The molecule has 0 radical (unpaired) electrons. The Hall–Kier alpha value is -4.80. The van der Waals surface area contributed by atoms with Gasteiger partial charge in [0.15, 0.2) is 5.41 Å². The van der Waals surface area contributed by atoms with Gasteiger partial charge in [-0.15, -0.1) is 0 Å². The summed E-state index contributed by atoms with van der Waals surface area (Å²) in [7, 11) is 2.13. The minimum absolute atomic E-state index is 0.395. The molecule has 1 aliphatic heterocycles. The largest absolute Gasteiger partial charge is 0.366 e. The van der Waals surface area contributed by atoms with E-state index in [2.05, 4.69) is 114 Å². The van der Waals surface area contributed by atoms with Crippen LogP contribution in [0.1, 0.15) is 33.9 Å². The van der Waals surface area contributed by atoms with Crippen molar-refractivity contribution in [3.63, 3.8) is 0 Å². The van der Waals surface area contributed by atoms with Gasteiger partial charge in [0.2, 0.25) is 0 Å². The van der Waals surface area contributed by atoms with Crippen LogP contribution in [0, 0.1) is 28.1 Å². The second-order valence-corrected chi connectivity index (χ2v) is 10.9. The van der Waals surface area contributed by atoms with Gasteiger partial charge in [-0.2, -0.15) is 10.5 Å². The maximum absolute atomic E-state index is 11.2. The van der Waals surface area contributed by atoms with Crippen LogP contribution in [0.25, 0.3) is 10.9 Å². The zero-order valence-corrected chi connectivity index (χ0v) is 21.9. The minimum atomic E-state index is -1.31. The van der Waals surface area contributed by atoms with Gasteiger partial charge in [0, 0.05) is 54.8 Å². The molecule has 0 saturated carbocycles. The van der Waals surface area contributed by atoms with Gasteiger partial charge in [-0.1, -0.05) is 97.1 Å². The number of fused-ring (bicyclic) bond motifs is 5. The first-order valence-corrected chi connectivity index (χ1v) is 13.5. The van der Waals surface area contributed by atoms with Gasteiger partial charge in [0.1, 0.15) is 0 Å². The van der Waals surface area contributed by atoms with E-state index in [0.717, 1.165) is 39.8 Å². The van der Waals surface area contributed by atoms with Crippen LogP contribution < -0.4 is 4.90 Å². The van der Waals surface area contributed by atoms with Crippen molar-refractivity contribution in [2.75, 3.05) is 11.4 Å². The molecule has 4 heteroatoms.